The van der Waals surface area contributed by atoms with Crippen LogP contribution in [0.1, 0.15) is 33.7 Å². The lowest BCUT2D eigenvalue weighted by Crippen LogP contribution is -2.46. The summed E-state index contributed by atoms with van der Waals surface area (Å²) in [6.45, 7) is 0.940. The lowest BCUT2D eigenvalue weighted by Gasteiger charge is -2.31. The molecule has 2 N–H and O–H groups in total. The number of piperidine rings is 1. The largest absolute Gasteiger partial charge is 0.493 e. The molecule has 2 aromatic heterocycles. The van der Waals surface area contributed by atoms with E-state index >= 15 is 0 Å². The highest BCUT2D eigenvalue weighted by Crippen LogP contribution is 2.35. The number of benzene rings is 2. The normalized spacial score (nSPS) is 15.2. The lowest BCUT2D eigenvalue weighted by molar-refractivity contribution is 0.0696. The first-order valence-corrected chi connectivity index (χ1v) is 11.7. The van der Waals surface area contributed by atoms with Crippen molar-refractivity contribution in [1.29, 1.82) is 0 Å². The Morgan fingerprint density at radius 2 is 1.76 bits per heavy atom. The molecule has 0 aliphatic carbocycles. The molecule has 37 heavy (non-hydrogen) atoms. The smallest absolute Gasteiger partial charge is 0.274 e. The summed E-state index contributed by atoms with van der Waals surface area (Å²) in [5.74, 6) is -0.167. The van der Waals surface area contributed by atoms with E-state index in [9.17, 15) is 14.4 Å². The summed E-state index contributed by atoms with van der Waals surface area (Å²) in [7, 11) is 3.23. The van der Waals surface area contributed by atoms with E-state index < -0.39 is 0 Å². The number of ether oxygens (including phenoxy) is 1. The number of carbonyl (C=O) groups excluding carboxylic acids is 2. The van der Waals surface area contributed by atoms with Crippen molar-refractivity contribution in [3.8, 4) is 5.75 Å². The van der Waals surface area contributed by atoms with Crippen molar-refractivity contribution < 1.29 is 14.3 Å². The van der Waals surface area contributed by atoms with Gasteiger partial charge in [0, 0.05) is 37.1 Å². The molecule has 3 heterocycles. The van der Waals surface area contributed by atoms with Crippen LogP contribution in [0.5, 0.6) is 5.75 Å². The molecule has 1 aliphatic heterocycles. The van der Waals surface area contributed by atoms with Crippen molar-refractivity contribution in [2.45, 2.75) is 25.4 Å². The van der Waals surface area contributed by atoms with Crippen LogP contribution in [0.2, 0.25) is 0 Å². The topological polar surface area (TPSA) is 99.6 Å². The Kier molecular flexibility index (Phi) is 8.73. The summed E-state index contributed by atoms with van der Waals surface area (Å²) in [6, 6.07) is 16.2. The molecule has 8 nitrogen and oxygen atoms in total. The number of Topliss-reactive ketones (excluding diaryl/α,β-unsaturated/α-hetero) is 1. The molecule has 1 amide bonds. The lowest BCUT2D eigenvalue weighted by atomic mass is 10.1. The summed E-state index contributed by atoms with van der Waals surface area (Å²) in [6.07, 6.45) is 1.71. The van der Waals surface area contributed by atoms with Gasteiger partial charge in [-0.2, -0.15) is 13.5 Å². The molecule has 0 unspecified atom stereocenters. The minimum atomic E-state index is -0.371. The molecule has 196 valence electrons. The Bertz CT molecular complexity index is 1520. The van der Waals surface area contributed by atoms with Crippen LogP contribution >= 0.6 is 25.9 Å². The summed E-state index contributed by atoms with van der Waals surface area (Å²) in [4.78, 5) is 42.3. The van der Waals surface area contributed by atoms with Gasteiger partial charge in [0.2, 0.25) is 0 Å². The predicted molar refractivity (Wildman–Crippen MR) is 153 cm³/mol. The summed E-state index contributed by atoms with van der Waals surface area (Å²) >= 11 is 0. The maximum Gasteiger partial charge on any atom is 0.274 e. The number of hydrogen-bond donors (Lipinski definition) is 1. The fraction of sp³-hybridized carbons (Fsp3) is 0.296. The van der Waals surface area contributed by atoms with Crippen molar-refractivity contribution >= 4 is 59.4 Å². The Morgan fingerprint density at radius 3 is 2.43 bits per heavy atom. The number of hydrogen-bond acceptors (Lipinski definition) is 5. The van der Waals surface area contributed by atoms with E-state index in [1.54, 1.807) is 40.8 Å². The van der Waals surface area contributed by atoms with Crippen molar-refractivity contribution in [3.63, 3.8) is 0 Å². The summed E-state index contributed by atoms with van der Waals surface area (Å²) in [5.41, 5.74) is 7.82. The number of amides is 1. The molecule has 1 aliphatic rings. The molecule has 1 fully saturated rings. The number of halogens is 1. The van der Waals surface area contributed by atoms with E-state index in [0.29, 0.717) is 40.8 Å². The monoisotopic (exact) mass is 542 g/mol. The molecular weight excluding hydrogens is 512 g/mol. The second-order valence-electron chi connectivity index (χ2n) is 9.02. The fourth-order valence-electron chi connectivity index (χ4n) is 5.12. The molecule has 0 bridgehead atoms. The number of ketones is 1. The quantitative estimate of drug-likeness (QED) is 0.389. The van der Waals surface area contributed by atoms with Crippen molar-refractivity contribution in [1.82, 2.24) is 14.0 Å². The minimum Gasteiger partial charge on any atom is -0.493 e. The van der Waals surface area contributed by atoms with Gasteiger partial charge in [-0.3, -0.25) is 19.0 Å². The van der Waals surface area contributed by atoms with Gasteiger partial charge < -0.3 is 19.9 Å². The van der Waals surface area contributed by atoms with Gasteiger partial charge in [0.05, 0.1) is 24.7 Å². The van der Waals surface area contributed by atoms with Gasteiger partial charge in [0.25, 0.3) is 11.5 Å². The van der Waals surface area contributed by atoms with Crippen LogP contribution < -0.4 is 16.0 Å². The maximum atomic E-state index is 13.9. The van der Waals surface area contributed by atoms with E-state index in [-0.39, 0.29) is 61.5 Å². The second kappa shape index (κ2) is 11.4. The number of rotatable bonds is 5. The number of nitrogens with zero attached hydrogens (tertiary/aromatic N) is 3. The first-order valence-electron chi connectivity index (χ1n) is 11.7. The van der Waals surface area contributed by atoms with Crippen molar-refractivity contribution in [2.24, 2.45) is 12.8 Å². The third-order valence-corrected chi connectivity index (χ3v) is 6.81. The maximum absolute atomic E-state index is 13.9. The number of carbonyl (C=O) groups is 2. The first kappa shape index (κ1) is 28.3. The van der Waals surface area contributed by atoms with E-state index in [1.807, 2.05) is 30.3 Å². The van der Waals surface area contributed by atoms with E-state index in [1.165, 1.54) is 11.7 Å². The molecule has 10 heteroatoms. The molecule has 0 spiro atoms. The average Bonchev–Trinajstić information content (AvgIpc) is 3.18. The SMILES string of the molecule is COc1c(C(=O)N2CCC[C@H](N)C2)n(C)c2c1c(=O)n(CC(=O)c1ccccc1)c1ccccc21.Cl.S. The van der Waals surface area contributed by atoms with Crippen LogP contribution in [0.25, 0.3) is 21.8 Å². The first-order chi connectivity index (χ1) is 16.9. The summed E-state index contributed by atoms with van der Waals surface area (Å²) in [5, 5.41) is 1.05. The third-order valence-electron chi connectivity index (χ3n) is 6.81. The highest BCUT2D eigenvalue weighted by atomic mass is 35.5. The number of para-hydroxylation sites is 1. The third kappa shape index (κ3) is 4.86. The van der Waals surface area contributed by atoms with Gasteiger partial charge in [0.1, 0.15) is 5.39 Å². The number of aromatic nitrogens is 2. The van der Waals surface area contributed by atoms with E-state index in [0.717, 1.165) is 18.2 Å². The zero-order valence-corrected chi connectivity index (χ0v) is 22.6. The van der Waals surface area contributed by atoms with Crippen molar-refractivity contribution in [3.05, 3.63) is 76.2 Å². The molecular formula is C27H31ClN4O4S. The zero-order chi connectivity index (χ0) is 24.7. The predicted octanol–water partition coefficient (Wildman–Crippen LogP) is 3.48. The molecule has 0 saturated carbocycles. The highest BCUT2D eigenvalue weighted by molar-refractivity contribution is 7.59. The van der Waals surface area contributed by atoms with Crippen LogP contribution in [-0.2, 0) is 13.6 Å². The van der Waals surface area contributed by atoms with Crippen LogP contribution in [0.15, 0.2) is 59.4 Å². The Hall–Kier alpha value is -3.27. The van der Waals surface area contributed by atoms with Gasteiger partial charge in [-0.15, -0.1) is 12.4 Å². The minimum absolute atomic E-state index is 0. The number of likely N-dealkylation sites (tertiary alicyclic amines) is 1. The van der Waals surface area contributed by atoms with Crippen molar-refractivity contribution in [2.75, 3.05) is 20.2 Å². The number of fused-ring (bicyclic) bond motifs is 3. The summed E-state index contributed by atoms with van der Waals surface area (Å²) < 4.78 is 8.91. The molecule has 4 aromatic rings. The standard InChI is InChI=1S/C27H28N4O4.ClH.H2S/c1-29-23-19-12-6-7-13-20(19)31(16-21(32)17-9-4-3-5-10-17)26(33)22(23)25(35-2)24(29)27(34)30-14-8-11-18(28)15-30;;/h3-7,9-10,12-13,18H,8,11,14-16,28H2,1-2H3;1H;1H2/t18-;;/m0../s1. The Morgan fingerprint density at radius 1 is 1.08 bits per heavy atom. The molecule has 0 radical (unpaired) electrons. The molecule has 5 rings (SSSR count). The number of aryl methyl sites for hydroxylation is 1. The van der Waals surface area contributed by atoms with Crippen LogP contribution in [-0.4, -0.2) is 52.0 Å². The van der Waals surface area contributed by atoms with E-state index in [2.05, 4.69) is 0 Å². The van der Waals surface area contributed by atoms with Crippen LogP contribution in [0, 0.1) is 0 Å². The number of methoxy groups -OCH3 is 1. The van der Waals surface area contributed by atoms with Gasteiger partial charge >= 0.3 is 0 Å². The average molecular weight is 543 g/mol. The molecule has 2 aromatic carbocycles. The van der Waals surface area contributed by atoms with Gasteiger partial charge in [-0.25, -0.2) is 0 Å². The molecule has 1 saturated heterocycles. The zero-order valence-electron chi connectivity index (χ0n) is 20.8. The van der Waals surface area contributed by atoms with Gasteiger partial charge in [-0.05, 0) is 18.9 Å². The Balaban J connectivity index is 0.00000190. The van der Waals surface area contributed by atoms with Crippen LogP contribution in [0.4, 0.5) is 0 Å². The van der Waals surface area contributed by atoms with Crippen LogP contribution in [0.3, 0.4) is 0 Å². The van der Waals surface area contributed by atoms with E-state index in [4.69, 9.17) is 10.5 Å². The number of pyridine rings is 1. The Labute approximate surface area is 227 Å². The second-order valence-corrected chi connectivity index (χ2v) is 9.02. The number of nitrogens with two attached hydrogens (primary N) is 1. The van der Waals surface area contributed by atoms with Gasteiger partial charge in [-0.1, -0.05) is 48.5 Å². The fourth-order valence-corrected chi connectivity index (χ4v) is 5.12. The van der Waals surface area contributed by atoms with Gasteiger partial charge in [0.15, 0.2) is 17.2 Å². The highest BCUT2D eigenvalue weighted by Gasteiger charge is 2.31. The molecule has 1 atom stereocenters.